The Morgan fingerprint density at radius 1 is 1.14 bits per heavy atom. The van der Waals surface area contributed by atoms with Gasteiger partial charge in [0.1, 0.15) is 5.75 Å². The normalized spacial score (nSPS) is 13.4. The summed E-state index contributed by atoms with van der Waals surface area (Å²) in [6.07, 6.45) is 2.19. The molecule has 148 valence electrons. The second-order valence-electron chi connectivity index (χ2n) is 7.72. The molecule has 0 fully saturated rings. The molecular formula is C23H28N2O3. The molecule has 1 N–H and O–H groups in total. The fourth-order valence-corrected chi connectivity index (χ4v) is 3.25. The molecule has 0 radical (unpaired) electrons. The third kappa shape index (κ3) is 5.12. The van der Waals surface area contributed by atoms with Gasteiger partial charge in [-0.3, -0.25) is 9.59 Å². The zero-order valence-electron chi connectivity index (χ0n) is 16.8. The van der Waals surface area contributed by atoms with Gasteiger partial charge in [-0.2, -0.15) is 0 Å². The van der Waals surface area contributed by atoms with E-state index in [1.807, 2.05) is 54.3 Å². The summed E-state index contributed by atoms with van der Waals surface area (Å²) >= 11 is 0. The van der Waals surface area contributed by atoms with Crippen molar-refractivity contribution < 1.29 is 14.3 Å². The third-order valence-corrected chi connectivity index (χ3v) is 4.88. The smallest absolute Gasteiger partial charge is 0.262 e. The van der Waals surface area contributed by atoms with E-state index >= 15 is 0 Å². The molecule has 5 heteroatoms. The molecule has 0 aromatic heterocycles. The molecule has 28 heavy (non-hydrogen) atoms. The van der Waals surface area contributed by atoms with Gasteiger partial charge < -0.3 is 15.0 Å². The van der Waals surface area contributed by atoms with E-state index in [0.717, 1.165) is 35.5 Å². The third-order valence-electron chi connectivity index (χ3n) is 4.88. The summed E-state index contributed by atoms with van der Waals surface area (Å²) < 4.78 is 5.53. The van der Waals surface area contributed by atoms with Crippen LogP contribution in [0.15, 0.2) is 42.5 Å². The average molecular weight is 380 g/mol. The largest absolute Gasteiger partial charge is 0.484 e. The number of rotatable bonds is 7. The van der Waals surface area contributed by atoms with Gasteiger partial charge in [0.2, 0.25) is 5.91 Å². The highest BCUT2D eigenvalue weighted by Crippen LogP contribution is 2.30. The fraction of sp³-hybridized carbons (Fsp3) is 0.391. The molecule has 1 aliphatic rings. The van der Waals surface area contributed by atoms with E-state index < -0.39 is 0 Å². The van der Waals surface area contributed by atoms with E-state index in [0.29, 0.717) is 24.5 Å². The van der Waals surface area contributed by atoms with Crippen LogP contribution in [0, 0.1) is 12.8 Å². The first-order chi connectivity index (χ1) is 13.4. The molecule has 2 amide bonds. The minimum absolute atomic E-state index is 0.0425. The maximum absolute atomic E-state index is 12.3. The van der Waals surface area contributed by atoms with Crippen LogP contribution in [0.2, 0.25) is 0 Å². The second-order valence-corrected chi connectivity index (χ2v) is 7.72. The lowest BCUT2D eigenvalue weighted by Gasteiger charge is -2.30. The molecule has 5 nitrogen and oxygen atoms in total. The molecule has 0 atom stereocenters. The lowest BCUT2D eigenvalue weighted by Crippen LogP contribution is -2.36. The topological polar surface area (TPSA) is 58.6 Å². The molecule has 0 unspecified atom stereocenters. The Balaban J connectivity index is 1.62. The van der Waals surface area contributed by atoms with Gasteiger partial charge in [0, 0.05) is 24.3 Å². The summed E-state index contributed by atoms with van der Waals surface area (Å²) in [6.45, 7) is 7.02. The predicted molar refractivity (Wildman–Crippen MR) is 112 cm³/mol. The first kappa shape index (κ1) is 19.9. The SMILES string of the molecule is Cc1ccc(OCC(=O)Nc2ccc3c(c2)CCC(=O)N3CCC(C)C)cc1. The van der Waals surface area contributed by atoms with Crippen LogP contribution in [0.25, 0.3) is 0 Å². The van der Waals surface area contributed by atoms with Crippen LogP contribution in [0.1, 0.15) is 37.8 Å². The number of hydrogen-bond acceptors (Lipinski definition) is 3. The molecule has 0 saturated heterocycles. The standard InChI is InChI=1S/C23H28N2O3/c1-16(2)12-13-25-21-10-7-19(14-18(21)6-11-23(25)27)24-22(26)15-28-20-8-4-17(3)5-9-20/h4-5,7-10,14,16H,6,11-13,15H2,1-3H3,(H,24,26). The van der Waals surface area contributed by atoms with Crippen molar-refractivity contribution in [3.63, 3.8) is 0 Å². The van der Waals surface area contributed by atoms with Crippen LogP contribution in [0.5, 0.6) is 5.75 Å². The average Bonchev–Trinajstić information content (AvgIpc) is 2.66. The number of carbonyl (C=O) groups excluding carboxylic acids is 2. The molecule has 2 aromatic carbocycles. The maximum atomic E-state index is 12.3. The monoisotopic (exact) mass is 380 g/mol. The van der Waals surface area contributed by atoms with Crippen LogP contribution < -0.4 is 15.0 Å². The van der Waals surface area contributed by atoms with Crippen molar-refractivity contribution in [1.82, 2.24) is 0 Å². The number of anilines is 2. The molecule has 3 rings (SSSR count). The first-order valence-corrected chi connectivity index (χ1v) is 9.85. The number of aryl methyl sites for hydroxylation is 2. The van der Waals surface area contributed by atoms with E-state index in [2.05, 4.69) is 19.2 Å². The maximum Gasteiger partial charge on any atom is 0.262 e. The van der Waals surface area contributed by atoms with Crippen molar-refractivity contribution >= 4 is 23.2 Å². The number of hydrogen-bond donors (Lipinski definition) is 1. The van der Waals surface area contributed by atoms with Crippen LogP contribution in [-0.4, -0.2) is 25.0 Å². The van der Waals surface area contributed by atoms with Crippen molar-refractivity contribution in [2.24, 2.45) is 5.92 Å². The van der Waals surface area contributed by atoms with E-state index in [1.165, 1.54) is 0 Å². The highest BCUT2D eigenvalue weighted by molar-refractivity contribution is 5.97. The Bertz CT molecular complexity index is 843. The number of benzene rings is 2. The van der Waals surface area contributed by atoms with Gasteiger partial charge in [0.25, 0.3) is 5.91 Å². The molecule has 2 aromatic rings. The quantitative estimate of drug-likeness (QED) is 0.777. The molecule has 1 heterocycles. The Hall–Kier alpha value is -2.82. The summed E-state index contributed by atoms with van der Waals surface area (Å²) in [5, 5.41) is 2.88. The number of nitrogens with zero attached hydrogens (tertiary/aromatic N) is 1. The number of fused-ring (bicyclic) bond motifs is 1. The van der Waals surface area contributed by atoms with Crippen LogP contribution >= 0.6 is 0 Å². The number of amides is 2. The lowest BCUT2D eigenvalue weighted by molar-refractivity contribution is -0.119. The van der Waals surface area contributed by atoms with E-state index in [9.17, 15) is 9.59 Å². The summed E-state index contributed by atoms with van der Waals surface area (Å²) in [5.41, 5.74) is 3.94. The van der Waals surface area contributed by atoms with Crippen molar-refractivity contribution in [1.29, 1.82) is 0 Å². The van der Waals surface area contributed by atoms with Gasteiger partial charge in [0.15, 0.2) is 6.61 Å². The van der Waals surface area contributed by atoms with Crippen molar-refractivity contribution in [3.05, 3.63) is 53.6 Å². The molecule has 0 spiro atoms. The molecule has 0 saturated carbocycles. The Morgan fingerprint density at radius 3 is 2.61 bits per heavy atom. The number of ether oxygens (including phenoxy) is 1. The van der Waals surface area contributed by atoms with Gasteiger partial charge in [-0.15, -0.1) is 0 Å². The van der Waals surface area contributed by atoms with Crippen LogP contribution in [0.4, 0.5) is 11.4 Å². The van der Waals surface area contributed by atoms with E-state index in [1.54, 1.807) is 0 Å². The van der Waals surface area contributed by atoms with Gasteiger partial charge in [0.05, 0.1) is 0 Å². The summed E-state index contributed by atoms with van der Waals surface area (Å²) in [4.78, 5) is 26.4. The summed E-state index contributed by atoms with van der Waals surface area (Å²) in [7, 11) is 0. The number of nitrogens with one attached hydrogen (secondary N) is 1. The highest BCUT2D eigenvalue weighted by atomic mass is 16.5. The first-order valence-electron chi connectivity index (χ1n) is 9.85. The molecule has 0 aliphatic carbocycles. The Morgan fingerprint density at radius 2 is 1.89 bits per heavy atom. The minimum Gasteiger partial charge on any atom is -0.484 e. The van der Waals surface area contributed by atoms with Crippen molar-refractivity contribution in [2.45, 2.75) is 40.0 Å². The van der Waals surface area contributed by atoms with Crippen LogP contribution in [0.3, 0.4) is 0 Å². The Labute approximate surface area is 166 Å². The van der Waals surface area contributed by atoms with Gasteiger partial charge >= 0.3 is 0 Å². The van der Waals surface area contributed by atoms with Gasteiger partial charge in [-0.1, -0.05) is 31.5 Å². The predicted octanol–water partition coefficient (Wildman–Crippen LogP) is 4.34. The zero-order chi connectivity index (χ0) is 20.1. The number of carbonyl (C=O) groups is 2. The Kier molecular flexibility index (Phi) is 6.34. The molecular weight excluding hydrogens is 352 g/mol. The fourth-order valence-electron chi connectivity index (χ4n) is 3.25. The summed E-state index contributed by atoms with van der Waals surface area (Å²) in [5.74, 6) is 1.19. The van der Waals surface area contributed by atoms with Gasteiger partial charge in [-0.05, 0) is 61.6 Å². The van der Waals surface area contributed by atoms with Crippen LogP contribution in [-0.2, 0) is 16.0 Å². The van der Waals surface area contributed by atoms with E-state index in [4.69, 9.17) is 4.74 Å². The molecule has 1 aliphatic heterocycles. The summed E-state index contributed by atoms with van der Waals surface area (Å²) in [6, 6.07) is 13.3. The highest BCUT2D eigenvalue weighted by Gasteiger charge is 2.24. The van der Waals surface area contributed by atoms with Gasteiger partial charge in [-0.25, -0.2) is 0 Å². The minimum atomic E-state index is -0.205. The molecule has 0 bridgehead atoms. The second kappa shape index (κ2) is 8.91. The van der Waals surface area contributed by atoms with Crippen molar-refractivity contribution in [2.75, 3.05) is 23.4 Å². The zero-order valence-corrected chi connectivity index (χ0v) is 16.8. The van der Waals surface area contributed by atoms with Crippen molar-refractivity contribution in [3.8, 4) is 5.75 Å². The lowest BCUT2D eigenvalue weighted by atomic mass is 9.99. The van der Waals surface area contributed by atoms with E-state index in [-0.39, 0.29) is 18.4 Å².